The van der Waals surface area contributed by atoms with Crippen LogP contribution in [-0.4, -0.2) is 11.6 Å². The van der Waals surface area contributed by atoms with Crippen molar-refractivity contribution in [3.63, 3.8) is 0 Å². The molecule has 0 spiro atoms. The van der Waals surface area contributed by atoms with Crippen LogP contribution in [-0.2, 0) is 22.2 Å². The first-order chi connectivity index (χ1) is 13.1. The summed E-state index contributed by atoms with van der Waals surface area (Å²) < 4.78 is 54.2. The van der Waals surface area contributed by atoms with E-state index < -0.39 is 28.5 Å². The van der Waals surface area contributed by atoms with Crippen molar-refractivity contribution >= 4 is 23.2 Å². The number of alkyl halides is 3. The highest BCUT2D eigenvalue weighted by Crippen LogP contribution is 2.41. The maximum Gasteiger partial charge on any atom is 0.420 e. The van der Waals surface area contributed by atoms with Gasteiger partial charge in [-0.2, -0.15) is 13.2 Å². The lowest BCUT2D eigenvalue weighted by Crippen LogP contribution is -2.27. The topological polar surface area (TPSA) is 34.1 Å². The molecule has 3 rings (SSSR count). The predicted octanol–water partition coefficient (Wildman–Crippen LogP) is 6.13. The Morgan fingerprint density at radius 1 is 1.07 bits per heavy atom. The molecule has 0 N–H and O–H groups in total. The van der Waals surface area contributed by atoms with Gasteiger partial charge in [-0.3, -0.25) is 9.59 Å². The Morgan fingerprint density at radius 2 is 1.71 bits per heavy atom. The van der Waals surface area contributed by atoms with Gasteiger partial charge in [-0.25, -0.2) is 4.39 Å². The number of aryl methyl sites for hydroxylation is 1. The summed E-state index contributed by atoms with van der Waals surface area (Å²) in [6.45, 7) is 1.85. The van der Waals surface area contributed by atoms with Crippen LogP contribution in [0.25, 0.3) is 11.1 Å². The standard InChI is InChI=1S/C21H17ClF4O2/c1-2-11-6-7-12(10-14(11)18-16(27)4-3-5-17(18)28)13-8-9-15(22)19(20(13)23)21(24,25)26/h6-10,18H,2-5H2,1H3. The number of Topliss-reactive ketones (excluding diaryl/α,β-unsaturated/α-hetero) is 2. The highest BCUT2D eigenvalue weighted by atomic mass is 35.5. The third kappa shape index (κ3) is 3.70. The molecule has 2 aromatic rings. The lowest BCUT2D eigenvalue weighted by molar-refractivity contribution is -0.140. The maximum atomic E-state index is 14.7. The highest BCUT2D eigenvalue weighted by molar-refractivity contribution is 6.31. The Balaban J connectivity index is 2.18. The third-order valence-corrected chi connectivity index (χ3v) is 5.33. The van der Waals surface area contributed by atoms with Gasteiger partial charge in [0.25, 0.3) is 0 Å². The molecule has 0 radical (unpaired) electrons. The van der Waals surface area contributed by atoms with Crippen LogP contribution in [0.2, 0.25) is 5.02 Å². The summed E-state index contributed by atoms with van der Waals surface area (Å²) in [5.41, 5.74) is -0.465. The second kappa shape index (κ2) is 7.66. The van der Waals surface area contributed by atoms with Crippen LogP contribution in [0.4, 0.5) is 17.6 Å². The van der Waals surface area contributed by atoms with E-state index >= 15 is 0 Å². The molecule has 1 fully saturated rings. The van der Waals surface area contributed by atoms with Crippen LogP contribution in [0, 0.1) is 5.82 Å². The van der Waals surface area contributed by atoms with Crippen molar-refractivity contribution in [2.24, 2.45) is 0 Å². The molecule has 2 aromatic carbocycles. The van der Waals surface area contributed by atoms with Gasteiger partial charge in [-0.1, -0.05) is 30.7 Å². The van der Waals surface area contributed by atoms with Gasteiger partial charge in [-0.05, 0) is 47.7 Å². The Kier molecular flexibility index (Phi) is 5.62. The van der Waals surface area contributed by atoms with Crippen LogP contribution in [0.1, 0.15) is 48.8 Å². The number of carbonyl (C=O) groups is 2. The Bertz CT molecular complexity index is 934. The van der Waals surface area contributed by atoms with Gasteiger partial charge in [0.15, 0.2) is 0 Å². The van der Waals surface area contributed by atoms with Crippen LogP contribution >= 0.6 is 11.6 Å². The highest BCUT2D eigenvalue weighted by Gasteiger charge is 2.38. The fourth-order valence-electron chi connectivity index (χ4n) is 3.64. The second-order valence-corrected chi connectivity index (χ2v) is 7.18. The first-order valence-corrected chi connectivity index (χ1v) is 9.26. The maximum absolute atomic E-state index is 14.7. The predicted molar refractivity (Wildman–Crippen MR) is 97.8 cm³/mol. The number of benzene rings is 2. The summed E-state index contributed by atoms with van der Waals surface area (Å²) in [5, 5.41) is -0.725. The zero-order valence-corrected chi connectivity index (χ0v) is 15.8. The van der Waals surface area contributed by atoms with Crippen molar-refractivity contribution in [2.75, 3.05) is 0 Å². The van der Waals surface area contributed by atoms with Crippen molar-refractivity contribution in [3.8, 4) is 11.1 Å². The van der Waals surface area contributed by atoms with Crippen LogP contribution < -0.4 is 0 Å². The molecule has 1 aliphatic rings. The molecule has 28 heavy (non-hydrogen) atoms. The number of halogens is 5. The summed E-state index contributed by atoms with van der Waals surface area (Å²) in [7, 11) is 0. The summed E-state index contributed by atoms with van der Waals surface area (Å²) in [6, 6.07) is 6.74. The number of hydrogen-bond donors (Lipinski definition) is 0. The zero-order chi connectivity index (χ0) is 20.6. The van der Waals surface area contributed by atoms with Crippen molar-refractivity contribution < 1.29 is 27.2 Å². The molecule has 2 nitrogen and oxygen atoms in total. The average Bonchev–Trinajstić information content (AvgIpc) is 2.60. The molecule has 0 aliphatic heterocycles. The van der Waals surface area contributed by atoms with E-state index in [1.165, 1.54) is 18.2 Å². The van der Waals surface area contributed by atoms with Crippen molar-refractivity contribution in [1.29, 1.82) is 0 Å². The summed E-state index contributed by atoms with van der Waals surface area (Å²) in [4.78, 5) is 24.7. The van der Waals surface area contributed by atoms with E-state index in [4.69, 9.17) is 11.6 Å². The second-order valence-electron chi connectivity index (χ2n) is 6.77. The molecule has 0 bridgehead atoms. The molecule has 7 heteroatoms. The monoisotopic (exact) mass is 412 g/mol. The van der Waals surface area contributed by atoms with Gasteiger partial charge in [0.05, 0.1) is 5.02 Å². The number of carbonyl (C=O) groups excluding carboxylic acids is 2. The molecule has 0 atom stereocenters. The molecule has 148 valence electrons. The van der Waals surface area contributed by atoms with Gasteiger partial charge >= 0.3 is 6.18 Å². The summed E-state index contributed by atoms with van der Waals surface area (Å²) in [5.74, 6) is -2.84. The number of hydrogen-bond acceptors (Lipinski definition) is 2. The molecule has 0 saturated heterocycles. The van der Waals surface area contributed by atoms with Gasteiger partial charge in [0, 0.05) is 18.4 Å². The van der Waals surface area contributed by atoms with E-state index in [9.17, 15) is 27.2 Å². The van der Waals surface area contributed by atoms with Crippen LogP contribution in [0.5, 0.6) is 0 Å². The van der Waals surface area contributed by atoms with Crippen molar-refractivity contribution in [2.45, 2.75) is 44.7 Å². The van der Waals surface area contributed by atoms with Crippen molar-refractivity contribution in [1.82, 2.24) is 0 Å². The van der Waals surface area contributed by atoms with Crippen molar-refractivity contribution in [3.05, 3.63) is 57.9 Å². The lowest BCUT2D eigenvalue weighted by atomic mass is 9.78. The Hall–Kier alpha value is -2.21. The zero-order valence-electron chi connectivity index (χ0n) is 15.0. The van der Waals surface area contributed by atoms with E-state index in [0.29, 0.717) is 18.4 Å². The largest absolute Gasteiger partial charge is 0.420 e. The van der Waals surface area contributed by atoms with Crippen LogP contribution in [0.3, 0.4) is 0 Å². The van der Waals surface area contributed by atoms with E-state index in [2.05, 4.69) is 0 Å². The van der Waals surface area contributed by atoms with E-state index in [-0.39, 0.29) is 35.5 Å². The molecular weight excluding hydrogens is 396 g/mol. The SMILES string of the molecule is CCc1ccc(-c2ccc(Cl)c(C(F)(F)F)c2F)cc1C1C(=O)CCCC1=O. The van der Waals surface area contributed by atoms with Gasteiger partial charge in [-0.15, -0.1) is 0 Å². The number of rotatable bonds is 3. The average molecular weight is 413 g/mol. The quantitative estimate of drug-likeness (QED) is 0.448. The normalized spacial score (nSPS) is 15.9. The molecule has 1 aliphatic carbocycles. The fraction of sp³-hybridized carbons (Fsp3) is 0.333. The summed E-state index contributed by atoms with van der Waals surface area (Å²) in [6.07, 6.45) is -3.37. The smallest absolute Gasteiger partial charge is 0.299 e. The minimum absolute atomic E-state index is 0.165. The van der Waals surface area contributed by atoms with Crippen LogP contribution in [0.15, 0.2) is 30.3 Å². The minimum Gasteiger partial charge on any atom is -0.299 e. The molecule has 0 unspecified atom stereocenters. The molecule has 0 aromatic heterocycles. The lowest BCUT2D eigenvalue weighted by Gasteiger charge is -2.23. The molecule has 1 saturated carbocycles. The minimum atomic E-state index is -4.95. The van der Waals surface area contributed by atoms with E-state index in [0.717, 1.165) is 11.6 Å². The molecule has 0 heterocycles. The Labute approximate surface area is 164 Å². The van der Waals surface area contributed by atoms with E-state index in [1.807, 2.05) is 6.92 Å². The first kappa shape index (κ1) is 20.5. The molecular formula is C21H17ClF4O2. The van der Waals surface area contributed by atoms with E-state index in [1.54, 1.807) is 6.07 Å². The first-order valence-electron chi connectivity index (χ1n) is 8.89. The third-order valence-electron chi connectivity index (χ3n) is 5.01. The van der Waals surface area contributed by atoms with Gasteiger partial charge in [0.2, 0.25) is 0 Å². The van der Waals surface area contributed by atoms with Gasteiger partial charge < -0.3 is 0 Å². The Morgan fingerprint density at radius 3 is 2.29 bits per heavy atom. The summed E-state index contributed by atoms with van der Waals surface area (Å²) >= 11 is 5.56. The number of ketones is 2. The van der Waals surface area contributed by atoms with Gasteiger partial charge in [0.1, 0.15) is 28.9 Å². The molecule has 0 amide bonds. The fourth-order valence-corrected chi connectivity index (χ4v) is 3.89.